The molecule has 1 aromatic heterocycles. The molecule has 2 aromatic rings. The van der Waals surface area contributed by atoms with Gasteiger partial charge in [0.05, 0.1) is 12.1 Å². The van der Waals surface area contributed by atoms with Gasteiger partial charge in [-0.2, -0.15) is 0 Å². The molecule has 1 aliphatic heterocycles. The molecule has 2 amide bonds. The van der Waals surface area contributed by atoms with Crippen LogP contribution in [0, 0.1) is 0 Å². The summed E-state index contributed by atoms with van der Waals surface area (Å²) in [6, 6.07) is 9.77. The van der Waals surface area contributed by atoms with Gasteiger partial charge in [0.1, 0.15) is 0 Å². The van der Waals surface area contributed by atoms with E-state index in [1.807, 2.05) is 46.2 Å². The average Bonchev–Trinajstić information content (AvgIpc) is 2.84. The third-order valence-electron chi connectivity index (χ3n) is 4.37. The van der Waals surface area contributed by atoms with E-state index in [1.165, 1.54) is 0 Å². The van der Waals surface area contributed by atoms with Crippen LogP contribution in [0.5, 0.6) is 0 Å². The Morgan fingerprint density at radius 1 is 1.12 bits per heavy atom. The summed E-state index contributed by atoms with van der Waals surface area (Å²) in [6.07, 6.45) is 6.05. The number of amides is 2. The largest absolute Gasteiger partial charge is 0.369 e. The van der Waals surface area contributed by atoms with Gasteiger partial charge in [0.2, 0.25) is 11.8 Å². The number of nitrogens with zero attached hydrogens (tertiary/aromatic N) is 3. The van der Waals surface area contributed by atoms with E-state index in [4.69, 9.17) is 5.73 Å². The van der Waals surface area contributed by atoms with E-state index < -0.39 is 0 Å². The second kappa shape index (κ2) is 7.90. The van der Waals surface area contributed by atoms with Crippen molar-refractivity contribution in [3.63, 3.8) is 0 Å². The topological polar surface area (TPSA) is 79.5 Å². The maximum absolute atomic E-state index is 12.5. The number of pyridine rings is 1. The van der Waals surface area contributed by atoms with Crippen molar-refractivity contribution in [2.24, 2.45) is 5.73 Å². The van der Waals surface area contributed by atoms with Crippen LogP contribution in [0.25, 0.3) is 17.0 Å². The molecule has 1 saturated heterocycles. The van der Waals surface area contributed by atoms with Gasteiger partial charge in [-0.3, -0.25) is 19.5 Å². The average molecular weight is 338 g/mol. The van der Waals surface area contributed by atoms with Gasteiger partial charge in [0, 0.05) is 43.8 Å². The van der Waals surface area contributed by atoms with E-state index in [9.17, 15) is 9.59 Å². The lowest BCUT2D eigenvalue weighted by Gasteiger charge is -2.20. The molecule has 3 rings (SSSR count). The Balaban J connectivity index is 1.67. The van der Waals surface area contributed by atoms with Crippen LogP contribution < -0.4 is 5.73 Å². The molecule has 6 nitrogen and oxygen atoms in total. The van der Waals surface area contributed by atoms with Crippen molar-refractivity contribution in [1.82, 2.24) is 14.8 Å². The first-order valence-electron chi connectivity index (χ1n) is 8.45. The summed E-state index contributed by atoms with van der Waals surface area (Å²) in [5, 5.41) is 1.03. The first kappa shape index (κ1) is 17.1. The molecule has 0 radical (unpaired) electrons. The molecule has 1 aromatic carbocycles. The van der Waals surface area contributed by atoms with Crippen LogP contribution in [0.3, 0.4) is 0 Å². The second-order valence-electron chi connectivity index (χ2n) is 6.17. The third-order valence-corrected chi connectivity index (χ3v) is 4.37. The molecule has 0 unspecified atom stereocenters. The minimum absolute atomic E-state index is 0.0122. The van der Waals surface area contributed by atoms with E-state index in [0.29, 0.717) is 19.6 Å². The molecule has 1 fully saturated rings. The molecule has 0 bridgehead atoms. The van der Waals surface area contributed by atoms with Crippen LogP contribution in [-0.2, 0) is 9.59 Å². The molecule has 1 aliphatic rings. The molecular weight excluding hydrogens is 316 g/mol. The van der Waals surface area contributed by atoms with E-state index in [2.05, 4.69) is 4.98 Å². The van der Waals surface area contributed by atoms with Crippen LogP contribution in [-0.4, -0.2) is 59.3 Å². The number of nitrogens with two attached hydrogens (primary N) is 1. The minimum Gasteiger partial charge on any atom is -0.369 e. The van der Waals surface area contributed by atoms with Crippen LogP contribution in [0.15, 0.2) is 42.6 Å². The normalized spacial score (nSPS) is 16.2. The first-order chi connectivity index (χ1) is 12.1. The molecule has 0 spiro atoms. The molecule has 2 heterocycles. The van der Waals surface area contributed by atoms with Gasteiger partial charge in [-0.15, -0.1) is 0 Å². The van der Waals surface area contributed by atoms with Gasteiger partial charge in [-0.1, -0.05) is 18.2 Å². The predicted molar refractivity (Wildman–Crippen MR) is 97.6 cm³/mol. The van der Waals surface area contributed by atoms with Crippen molar-refractivity contribution < 1.29 is 9.59 Å². The lowest BCUT2D eigenvalue weighted by Crippen LogP contribution is -2.37. The van der Waals surface area contributed by atoms with Gasteiger partial charge < -0.3 is 10.6 Å². The van der Waals surface area contributed by atoms with E-state index in [0.717, 1.165) is 29.4 Å². The Hall–Kier alpha value is -2.73. The molecule has 25 heavy (non-hydrogen) atoms. The van der Waals surface area contributed by atoms with E-state index in [-0.39, 0.29) is 18.4 Å². The highest BCUT2D eigenvalue weighted by Crippen LogP contribution is 2.17. The Kier molecular flexibility index (Phi) is 5.40. The van der Waals surface area contributed by atoms with Crippen molar-refractivity contribution in [2.75, 3.05) is 32.7 Å². The number of carbonyl (C=O) groups excluding carboxylic acids is 2. The van der Waals surface area contributed by atoms with Crippen LogP contribution in [0.1, 0.15) is 12.0 Å². The fourth-order valence-corrected chi connectivity index (χ4v) is 3.10. The Morgan fingerprint density at radius 3 is 2.80 bits per heavy atom. The van der Waals surface area contributed by atoms with Crippen LogP contribution >= 0.6 is 0 Å². The van der Waals surface area contributed by atoms with Crippen molar-refractivity contribution in [3.8, 4) is 0 Å². The monoisotopic (exact) mass is 338 g/mol. The SMILES string of the molecule is NC(=O)CN1CCCN(C(=O)/C=C/c2ccnc3ccccc23)CC1. The number of primary amides is 1. The van der Waals surface area contributed by atoms with Crippen molar-refractivity contribution in [1.29, 1.82) is 0 Å². The van der Waals surface area contributed by atoms with Crippen LogP contribution in [0.4, 0.5) is 0 Å². The lowest BCUT2D eigenvalue weighted by molar-refractivity contribution is -0.125. The van der Waals surface area contributed by atoms with E-state index >= 15 is 0 Å². The summed E-state index contributed by atoms with van der Waals surface area (Å²) in [6.45, 7) is 3.00. The maximum atomic E-state index is 12.5. The Bertz CT molecular complexity index is 798. The molecule has 6 heteroatoms. The van der Waals surface area contributed by atoms with Crippen molar-refractivity contribution in [2.45, 2.75) is 6.42 Å². The summed E-state index contributed by atoms with van der Waals surface area (Å²) in [5.74, 6) is -0.342. The third kappa shape index (κ3) is 4.42. The summed E-state index contributed by atoms with van der Waals surface area (Å²) in [7, 11) is 0. The number of hydrogen-bond acceptors (Lipinski definition) is 4. The van der Waals surface area contributed by atoms with Crippen molar-refractivity contribution in [3.05, 3.63) is 48.2 Å². The summed E-state index contributed by atoms with van der Waals surface area (Å²) < 4.78 is 0. The highest BCUT2D eigenvalue weighted by molar-refractivity contribution is 5.95. The summed E-state index contributed by atoms with van der Waals surface area (Å²) in [4.78, 5) is 31.7. The van der Waals surface area contributed by atoms with Gasteiger partial charge in [-0.25, -0.2) is 0 Å². The van der Waals surface area contributed by atoms with Crippen LogP contribution in [0.2, 0.25) is 0 Å². The summed E-state index contributed by atoms with van der Waals surface area (Å²) in [5.41, 5.74) is 7.14. The maximum Gasteiger partial charge on any atom is 0.246 e. The highest BCUT2D eigenvalue weighted by atomic mass is 16.2. The molecule has 130 valence electrons. The van der Waals surface area contributed by atoms with Gasteiger partial charge in [0.25, 0.3) is 0 Å². The zero-order valence-electron chi connectivity index (χ0n) is 14.1. The fraction of sp³-hybridized carbons (Fsp3) is 0.316. The number of para-hydroxylation sites is 1. The smallest absolute Gasteiger partial charge is 0.246 e. The second-order valence-corrected chi connectivity index (χ2v) is 6.17. The Labute approximate surface area is 146 Å². The molecule has 0 saturated carbocycles. The zero-order chi connectivity index (χ0) is 17.6. The van der Waals surface area contributed by atoms with Crippen molar-refractivity contribution >= 4 is 28.8 Å². The van der Waals surface area contributed by atoms with Gasteiger partial charge >= 0.3 is 0 Å². The van der Waals surface area contributed by atoms with E-state index in [1.54, 1.807) is 12.3 Å². The molecule has 0 aliphatic carbocycles. The minimum atomic E-state index is -0.329. The zero-order valence-corrected chi connectivity index (χ0v) is 14.1. The first-order valence-corrected chi connectivity index (χ1v) is 8.45. The number of aromatic nitrogens is 1. The quantitative estimate of drug-likeness (QED) is 0.852. The molecule has 0 atom stereocenters. The number of carbonyl (C=O) groups is 2. The number of benzene rings is 1. The van der Waals surface area contributed by atoms with Gasteiger partial charge in [0.15, 0.2) is 0 Å². The summed E-state index contributed by atoms with van der Waals surface area (Å²) >= 11 is 0. The predicted octanol–water partition coefficient (Wildman–Crippen LogP) is 1.27. The molecular formula is C19H22N4O2. The number of fused-ring (bicyclic) bond motifs is 1. The molecule has 2 N–H and O–H groups in total. The van der Waals surface area contributed by atoms with Gasteiger partial charge in [-0.05, 0) is 30.2 Å². The Morgan fingerprint density at radius 2 is 1.96 bits per heavy atom. The standard InChI is InChI=1S/C19H22N4O2/c20-18(24)14-22-10-3-11-23(13-12-22)19(25)7-6-15-8-9-21-17-5-2-1-4-16(15)17/h1-2,4-9H,3,10-14H2,(H2,20,24)/b7-6+. The number of rotatable bonds is 4. The number of hydrogen-bond donors (Lipinski definition) is 1. The fourth-order valence-electron chi connectivity index (χ4n) is 3.10. The highest BCUT2D eigenvalue weighted by Gasteiger charge is 2.18. The lowest BCUT2D eigenvalue weighted by atomic mass is 10.1.